The van der Waals surface area contributed by atoms with E-state index >= 15 is 0 Å². The van der Waals surface area contributed by atoms with Crippen LogP contribution in [0.5, 0.6) is 5.88 Å². The Kier molecular flexibility index (Phi) is 6.03. The highest BCUT2D eigenvalue weighted by molar-refractivity contribution is 5.89. The lowest BCUT2D eigenvalue weighted by Crippen LogP contribution is -2.18. The third kappa shape index (κ3) is 4.78. The summed E-state index contributed by atoms with van der Waals surface area (Å²) in [5.41, 5.74) is 9.41. The molecule has 0 aliphatic rings. The van der Waals surface area contributed by atoms with Gasteiger partial charge in [0, 0.05) is 12.5 Å². The van der Waals surface area contributed by atoms with Crippen LogP contribution in [0.15, 0.2) is 47.2 Å². The number of nitrogens with one attached hydrogen (secondary N) is 1. The van der Waals surface area contributed by atoms with Gasteiger partial charge in [-0.1, -0.05) is 6.07 Å². The van der Waals surface area contributed by atoms with Gasteiger partial charge in [-0.05, 0) is 31.0 Å². The molecule has 11 nitrogen and oxygen atoms in total. The van der Waals surface area contributed by atoms with Crippen molar-refractivity contribution < 1.29 is 19.2 Å². The van der Waals surface area contributed by atoms with Crippen molar-refractivity contribution in [2.75, 3.05) is 12.3 Å². The highest BCUT2D eigenvalue weighted by Gasteiger charge is 2.16. The second-order valence-corrected chi connectivity index (χ2v) is 6.75. The number of furan rings is 1. The van der Waals surface area contributed by atoms with Gasteiger partial charge in [0.2, 0.25) is 17.7 Å². The minimum Gasteiger partial charge on any atom is -0.478 e. The van der Waals surface area contributed by atoms with Gasteiger partial charge in [0.25, 0.3) is 0 Å². The molecule has 0 radical (unpaired) electrons. The summed E-state index contributed by atoms with van der Waals surface area (Å²) in [5, 5.41) is 13.6. The van der Waals surface area contributed by atoms with Crippen molar-refractivity contribution in [3.63, 3.8) is 0 Å². The van der Waals surface area contributed by atoms with Gasteiger partial charge in [-0.3, -0.25) is 10.0 Å². The molecule has 4 N–H and O–H groups in total. The number of carbonyl (C=O) groups is 1. The molecule has 0 bridgehead atoms. The van der Waals surface area contributed by atoms with Gasteiger partial charge in [-0.2, -0.15) is 10.1 Å². The summed E-state index contributed by atoms with van der Waals surface area (Å²) in [4.78, 5) is 24.1. The zero-order valence-electron chi connectivity index (χ0n) is 16.6. The van der Waals surface area contributed by atoms with Crippen molar-refractivity contribution in [1.82, 2.24) is 30.2 Å². The number of hydrogen-bond donors (Lipinski definition) is 3. The second-order valence-electron chi connectivity index (χ2n) is 6.75. The van der Waals surface area contributed by atoms with Gasteiger partial charge in [0.05, 0.1) is 36.7 Å². The number of aromatic nitrogens is 5. The number of amides is 1. The molecule has 160 valence electrons. The van der Waals surface area contributed by atoms with Gasteiger partial charge in [0.15, 0.2) is 11.4 Å². The van der Waals surface area contributed by atoms with E-state index in [1.54, 1.807) is 40.8 Å². The lowest BCUT2D eigenvalue weighted by molar-refractivity contribution is -0.129. The number of ether oxygens (including phenoxy) is 1. The first-order chi connectivity index (χ1) is 15.1. The molecule has 31 heavy (non-hydrogen) atoms. The fraction of sp³-hybridized carbons (Fsp3) is 0.250. The maximum Gasteiger partial charge on any atom is 0.243 e. The van der Waals surface area contributed by atoms with Crippen LogP contribution in [-0.4, -0.2) is 42.5 Å². The molecule has 4 heterocycles. The van der Waals surface area contributed by atoms with Crippen molar-refractivity contribution in [2.45, 2.75) is 25.8 Å². The fourth-order valence-electron chi connectivity index (χ4n) is 3.09. The largest absolute Gasteiger partial charge is 0.478 e. The SMILES string of the molecule is Nc1nc(-c2ccco2)c2cnn(Cc3cccc(OCCCCC(=O)NO)n3)c2n1. The van der Waals surface area contributed by atoms with E-state index in [0.717, 1.165) is 11.1 Å². The average Bonchev–Trinajstić information content (AvgIpc) is 3.44. The predicted molar refractivity (Wildman–Crippen MR) is 110 cm³/mol. The number of pyridine rings is 1. The average molecular weight is 423 g/mol. The summed E-state index contributed by atoms with van der Waals surface area (Å²) in [7, 11) is 0. The van der Waals surface area contributed by atoms with Crippen LogP contribution in [0.3, 0.4) is 0 Å². The van der Waals surface area contributed by atoms with Crippen molar-refractivity contribution in [3.8, 4) is 17.3 Å². The van der Waals surface area contributed by atoms with Gasteiger partial charge in [-0.15, -0.1) is 0 Å². The van der Waals surface area contributed by atoms with Crippen LogP contribution < -0.4 is 16.0 Å². The Balaban J connectivity index is 1.46. The molecule has 0 aromatic carbocycles. The van der Waals surface area contributed by atoms with Crippen LogP contribution in [0, 0.1) is 0 Å². The minimum absolute atomic E-state index is 0.126. The normalized spacial score (nSPS) is 11.0. The molecule has 4 aromatic rings. The molecule has 0 fully saturated rings. The first kappa shape index (κ1) is 20.3. The van der Waals surface area contributed by atoms with Crippen LogP contribution in [-0.2, 0) is 11.3 Å². The van der Waals surface area contributed by atoms with E-state index in [0.29, 0.717) is 49.0 Å². The highest BCUT2D eigenvalue weighted by atomic mass is 16.5. The zero-order chi connectivity index (χ0) is 21.6. The monoisotopic (exact) mass is 423 g/mol. The molecule has 0 saturated carbocycles. The number of fused-ring (bicyclic) bond motifs is 1. The van der Waals surface area contributed by atoms with E-state index in [4.69, 9.17) is 20.1 Å². The summed E-state index contributed by atoms with van der Waals surface area (Å²) in [6.45, 7) is 0.779. The minimum atomic E-state index is -0.411. The predicted octanol–water partition coefficient (Wildman–Crippen LogP) is 2.17. The molecule has 4 aromatic heterocycles. The lowest BCUT2D eigenvalue weighted by Gasteiger charge is -2.08. The molecular weight excluding hydrogens is 402 g/mol. The Morgan fingerprint density at radius 3 is 2.90 bits per heavy atom. The van der Waals surface area contributed by atoms with Crippen molar-refractivity contribution in [3.05, 3.63) is 48.5 Å². The number of nitrogen functional groups attached to an aromatic ring is 1. The Hall–Kier alpha value is -3.99. The molecule has 11 heteroatoms. The van der Waals surface area contributed by atoms with Gasteiger partial charge < -0.3 is 14.9 Å². The summed E-state index contributed by atoms with van der Waals surface area (Å²) >= 11 is 0. The van der Waals surface area contributed by atoms with Crippen LogP contribution >= 0.6 is 0 Å². The third-order valence-corrected chi connectivity index (χ3v) is 4.53. The van der Waals surface area contributed by atoms with Crippen molar-refractivity contribution in [2.24, 2.45) is 0 Å². The number of hydroxylamine groups is 1. The Morgan fingerprint density at radius 1 is 1.19 bits per heavy atom. The maximum atomic E-state index is 11.0. The summed E-state index contributed by atoms with van der Waals surface area (Å²) in [6.07, 6.45) is 4.75. The Morgan fingerprint density at radius 2 is 2.10 bits per heavy atom. The van der Waals surface area contributed by atoms with Gasteiger partial charge in [0.1, 0.15) is 5.69 Å². The molecular formula is C20H21N7O4. The summed E-state index contributed by atoms with van der Waals surface area (Å²) < 4.78 is 12.8. The van der Waals surface area contributed by atoms with E-state index in [2.05, 4.69) is 20.1 Å². The van der Waals surface area contributed by atoms with E-state index < -0.39 is 5.91 Å². The number of hydrogen-bond acceptors (Lipinski definition) is 9. The number of nitrogens with zero attached hydrogens (tertiary/aromatic N) is 5. The lowest BCUT2D eigenvalue weighted by atomic mass is 10.2. The molecule has 0 atom stereocenters. The van der Waals surface area contributed by atoms with E-state index in [1.165, 1.54) is 0 Å². The number of nitrogens with two attached hydrogens (primary N) is 1. The number of unbranched alkanes of at least 4 members (excludes halogenated alkanes) is 1. The highest BCUT2D eigenvalue weighted by Crippen LogP contribution is 2.27. The van der Waals surface area contributed by atoms with Crippen molar-refractivity contribution in [1.29, 1.82) is 0 Å². The first-order valence-electron chi connectivity index (χ1n) is 9.68. The third-order valence-electron chi connectivity index (χ3n) is 4.53. The Bertz CT molecular complexity index is 1170. The molecule has 4 rings (SSSR count). The van der Waals surface area contributed by atoms with Crippen LogP contribution in [0.4, 0.5) is 5.95 Å². The number of carbonyl (C=O) groups excluding carboxylic acids is 1. The van der Waals surface area contributed by atoms with Crippen LogP contribution in [0.25, 0.3) is 22.5 Å². The molecule has 0 aliphatic carbocycles. The van der Waals surface area contributed by atoms with Crippen LogP contribution in [0.1, 0.15) is 25.0 Å². The fourth-order valence-corrected chi connectivity index (χ4v) is 3.09. The zero-order valence-corrected chi connectivity index (χ0v) is 16.6. The van der Waals surface area contributed by atoms with Gasteiger partial charge in [-0.25, -0.2) is 20.1 Å². The molecule has 0 saturated heterocycles. The van der Waals surface area contributed by atoms with E-state index in [-0.39, 0.29) is 12.4 Å². The number of rotatable bonds is 9. The standard InChI is InChI=1S/C20H21N7O4/c21-20-24-18(15-6-4-10-30-15)14-11-22-27(19(14)25-20)12-13-5-3-8-17(23-13)31-9-2-1-7-16(28)26-29/h3-6,8,10-11,29H,1-2,7,9,12H2,(H,26,28)(H2,21,24,25). The second kappa shape index (κ2) is 9.22. The van der Waals surface area contributed by atoms with Crippen molar-refractivity contribution >= 4 is 22.9 Å². The van der Waals surface area contributed by atoms with E-state index in [1.807, 2.05) is 12.1 Å². The maximum absolute atomic E-state index is 11.0. The topological polar surface area (TPSA) is 154 Å². The van der Waals surface area contributed by atoms with Crippen LogP contribution in [0.2, 0.25) is 0 Å². The summed E-state index contributed by atoms with van der Waals surface area (Å²) in [5.74, 6) is 0.779. The number of anilines is 1. The van der Waals surface area contributed by atoms with Gasteiger partial charge >= 0.3 is 0 Å². The molecule has 0 aliphatic heterocycles. The van der Waals surface area contributed by atoms with E-state index in [9.17, 15) is 4.79 Å². The first-order valence-corrected chi connectivity index (χ1v) is 9.68. The quantitative estimate of drug-likeness (QED) is 0.209. The summed E-state index contributed by atoms with van der Waals surface area (Å²) in [6, 6.07) is 9.06. The molecule has 0 spiro atoms. The molecule has 1 amide bonds. The molecule has 0 unspecified atom stereocenters. The Labute approximate surface area is 176 Å². The smallest absolute Gasteiger partial charge is 0.243 e.